The van der Waals surface area contributed by atoms with E-state index in [-0.39, 0.29) is 5.54 Å². The molecule has 6 rings (SSSR count). The zero-order valence-electron chi connectivity index (χ0n) is 15.2. The Hall–Kier alpha value is -1.75. The van der Waals surface area contributed by atoms with Gasteiger partial charge in [0, 0.05) is 10.4 Å². The molecule has 0 atom stereocenters. The number of nitrogen functional groups attached to an aromatic ring is 1. The molecule has 5 heteroatoms. The largest absolute Gasteiger partial charge is 0.394 e. The van der Waals surface area contributed by atoms with Crippen molar-refractivity contribution < 1.29 is 0 Å². The van der Waals surface area contributed by atoms with E-state index in [0.717, 1.165) is 33.5 Å². The zero-order chi connectivity index (χ0) is 17.7. The SMILES string of the molecule is Cc1ccc(Sc2ncnc(NC34CC5CC(CC(C5)C3)C4)c2N)cc1. The molecule has 3 N–H and O–H groups in total. The first-order valence-electron chi connectivity index (χ1n) is 9.72. The van der Waals surface area contributed by atoms with E-state index in [9.17, 15) is 0 Å². The quantitative estimate of drug-likeness (QED) is 0.754. The lowest BCUT2D eigenvalue weighted by atomic mass is 9.53. The highest BCUT2D eigenvalue weighted by molar-refractivity contribution is 7.99. The minimum atomic E-state index is 0.211. The standard InChI is InChI=1S/C21H26N4S/c1-13-2-4-17(5-3-13)26-20-18(22)19(23-12-24-20)25-21-9-14-6-15(10-21)8-16(7-14)11-21/h2-5,12,14-16H,6-11,22H2,1H3,(H,23,24,25). The Kier molecular flexibility index (Phi) is 3.89. The maximum absolute atomic E-state index is 6.48. The van der Waals surface area contributed by atoms with Crippen LogP contribution in [0.4, 0.5) is 11.5 Å². The fraction of sp³-hybridized carbons (Fsp3) is 0.524. The van der Waals surface area contributed by atoms with Crippen LogP contribution in [0.2, 0.25) is 0 Å². The molecular weight excluding hydrogens is 340 g/mol. The first kappa shape index (κ1) is 16.4. The number of aromatic nitrogens is 2. The van der Waals surface area contributed by atoms with Crippen LogP contribution in [-0.2, 0) is 0 Å². The number of rotatable bonds is 4. The molecule has 0 spiro atoms. The molecule has 1 aromatic carbocycles. The van der Waals surface area contributed by atoms with E-state index in [1.807, 2.05) is 0 Å². The molecule has 0 unspecified atom stereocenters. The lowest BCUT2D eigenvalue weighted by molar-refractivity contribution is 0.0105. The molecule has 4 saturated carbocycles. The van der Waals surface area contributed by atoms with Crippen LogP contribution in [-0.4, -0.2) is 15.5 Å². The first-order chi connectivity index (χ1) is 12.6. The number of hydrogen-bond donors (Lipinski definition) is 2. The Morgan fingerprint density at radius 2 is 1.62 bits per heavy atom. The summed E-state index contributed by atoms with van der Waals surface area (Å²) in [4.78, 5) is 10.1. The van der Waals surface area contributed by atoms with Crippen LogP contribution in [0.15, 0.2) is 40.5 Å². The highest BCUT2D eigenvalue weighted by Gasteiger charge is 2.51. The van der Waals surface area contributed by atoms with Gasteiger partial charge in [-0.05, 0) is 75.3 Å². The molecule has 136 valence electrons. The third-order valence-electron chi connectivity index (χ3n) is 6.50. The Labute approximate surface area is 159 Å². The zero-order valence-corrected chi connectivity index (χ0v) is 16.1. The Morgan fingerprint density at radius 1 is 1.00 bits per heavy atom. The van der Waals surface area contributed by atoms with Crippen molar-refractivity contribution in [3.63, 3.8) is 0 Å². The first-order valence-corrected chi connectivity index (χ1v) is 10.5. The fourth-order valence-electron chi connectivity index (χ4n) is 5.79. The molecule has 0 amide bonds. The number of aryl methyl sites for hydroxylation is 1. The van der Waals surface area contributed by atoms with E-state index in [1.165, 1.54) is 44.1 Å². The number of anilines is 2. The van der Waals surface area contributed by atoms with Crippen molar-refractivity contribution in [2.24, 2.45) is 17.8 Å². The minimum absolute atomic E-state index is 0.211. The minimum Gasteiger partial charge on any atom is -0.394 e. The number of nitrogens with one attached hydrogen (secondary N) is 1. The van der Waals surface area contributed by atoms with Gasteiger partial charge in [0.25, 0.3) is 0 Å². The lowest BCUT2D eigenvalue weighted by Crippen LogP contribution is -2.55. The summed E-state index contributed by atoms with van der Waals surface area (Å²) in [6.07, 6.45) is 9.81. The maximum Gasteiger partial charge on any atom is 0.154 e. The molecule has 4 fully saturated rings. The smallest absolute Gasteiger partial charge is 0.154 e. The average molecular weight is 367 g/mol. The Morgan fingerprint density at radius 3 is 2.23 bits per heavy atom. The number of nitrogens with two attached hydrogens (primary N) is 1. The van der Waals surface area contributed by atoms with E-state index < -0.39 is 0 Å². The summed E-state index contributed by atoms with van der Waals surface area (Å²) >= 11 is 1.61. The summed E-state index contributed by atoms with van der Waals surface area (Å²) in [7, 11) is 0. The van der Waals surface area contributed by atoms with Crippen LogP contribution in [0.25, 0.3) is 0 Å². The van der Waals surface area contributed by atoms with Gasteiger partial charge in [-0.1, -0.05) is 29.5 Å². The predicted molar refractivity (Wildman–Crippen MR) is 106 cm³/mol. The van der Waals surface area contributed by atoms with E-state index in [0.29, 0.717) is 5.69 Å². The summed E-state index contributed by atoms with van der Waals surface area (Å²) in [5, 5.41) is 4.64. The van der Waals surface area contributed by atoms with Crippen molar-refractivity contribution in [2.75, 3.05) is 11.1 Å². The lowest BCUT2D eigenvalue weighted by Gasteiger charge is -2.57. The highest BCUT2D eigenvalue weighted by Crippen LogP contribution is 2.56. The van der Waals surface area contributed by atoms with Gasteiger partial charge in [-0.2, -0.15) is 0 Å². The van der Waals surface area contributed by atoms with E-state index in [2.05, 4.69) is 46.5 Å². The molecule has 0 saturated heterocycles. The van der Waals surface area contributed by atoms with Crippen molar-refractivity contribution >= 4 is 23.3 Å². The van der Waals surface area contributed by atoms with Gasteiger partial charge >= 0.3 is 0 Å². The summed E-state index contributed by atoms with van der Waals surface area (Å²) in [6.45, 7) is 2.10. The molecule has 4 aliphatic rings. The fourth-order valence-corrected chi connectivity index (χ4v) is 6.60. The number of nitrogens with zero attached hydrogens (tertiary/aromatic N) is 2. The molecule has 1 aromatic heterocycles. The second-order valence-corrected chi connectivity index (χ2v) is 9.74. The summed E-state index contributed by atoms with van der Waals surface area (Å²) < 4.78 is 0. The van der Waals surface area contributed by atoms with Crippen LogP contribution in [0, 0.1) is 24.7 Å². The summed E-state index contributed by atoms with van der Waals surface area (Å²) in [5.74, 6) is 3.53. The predicted octanol–water partition coefficient (Wildman–Crippen LogP) is 4.90. The molecule has 0 aliphatic heterocycles. The Balaban J connectivity index is 1.39. The molecule has 4 aliphatic carbocycles. The normalized spacial score (nSPS) is 32.0. The molecule has 1 heterocycles. The Bertz CT molecular complexity index is 782. The second kappa shape index (κ2) is 6.15. The molecule has 26 heavy (non-hydrogen) atoms. The second-order valence-electron chi connectivity index (χ2n) is 8.68. The number of benzene rings is 1. The molecule has 0 radical (unpaired) electrons. The summed E-state index contributed by atoms with van der Waals surface area (Å²) in [6, 6.07) is 8.48. The van der Waals surface area contributed by atoms with Crippen LogP contribution in [0.1, 0.15) is 44.1 Å². The van der Waals surface area contributed by atoms with Crippen LogP contribution >= 0.6 is 11.8 Å². The van der Waals surface area contributed by atoms with Crippen LogP contribution < -0.4 is 11.1 Å². The van der Waals surface area contributed by atoms with E-state index >= 15 is 0 Å². The molecule has 4 bridgehead atoms. The van der Waals surface area contributed by atoms with Crippen LogP contribution in [0.5, 0.6) is 0 Å². The topological polar surface area (TPSA) is 63.8 Å². The van der Waals surface area contributed by atoms with Gasteiger partial charge < -0.3 is 11.1 Å². The average Bonchev–Trinajstić information content (AvgIpc) is 2.59. The van der Waals surface area contributed by atoms with Crippen molar-refractivity contribution in [2.45, 2.75) is 60.9 Å². The van der Waals surface area contributed by atoms with Gasteiger partial charge in [0.1, 0.15) is 17.0 Å². The van der Waals surface area contributed by atoms with Gasteiger partial charge in [-0.3, -0.25) is 0 Å². The van der Waals surface area contributed by atoms with Crippen LogP contribution in [0.3, 0.4) is 0 Å². The molecule has 4 nitrogen and oxygen atoms in total. The number of hydrogen-bond acceptors (Lipinski definition) is 5. The van der Waals surface area contributed by atoms with Gasteiger partial charge in [0.05, 0.1) is 0 Å². The van der Waals surface area contributed by atoms with Crippen molar-refractivity contribution in [1.82, 2.24) is 9.97 Å². The van der Waals surface area contributed by atoms with Gasteiger partial charge in [-0.15, -0.1) is 0 Å². The monoisotopic (exact) mass is 366 g/mol. The van der Waals surface area contributed by atoms with Crippen molar-refractivity contribution in [1.29, 1.82) is 0 Å². The molecule has 2 aromatic rings. The third-order valence-corrected chi connectivity index (χ3v) is 7.53. The van der Waals surface area contributed by atoms with E-state index in [1.54, 1.807) is 18.1 Å². The van der Waals surface area contributed by atoms with Gasteiger partial charge in [-0.25, -0.2) is 9.97 Å². The highest BCUT2D eigenvalue weighted by atomic mass is 32.2. The van der Waals surface area contributed by atoms with Gasteiger partial charge in [0.15, 0.2) is 5.82 Å². The van der Waals surface area contributed by atoms with Crippen molar-refractivity contribution in [3.05, 3.63) is 36.2 Å². The summed E-state index contributed by atoms with van der Waals surface area (Å²) in [5.41, 5.74) is 8.64. The van der Waals surface area contributed by atoms with E-state index in [4.69, 9.17) is 5.73 Å². The van der Waals surface area contributed by atoms with Gasteiger partial charge in [0.2, 0.25) is 0 Å². The maximum atomic E-state index is 6.48. The third kappa shape index (κ3) is 2.96. The van der Waals surface area contributed by atoms with Crippen molar-refractivity contribution in [3.8, 4) is 0 Å². The molecular formula is C21H26N4S.